The lowest BCUT2D eigenvalue weighted by Crippen LogP contribution is -2.13. The maximum atomic E-state index is 13.4. The molecule has 0 aliphatic carbocycles. The number of benzene rings is 1. The number of hydrogen-bond donors (Lipinski definition) is 1. The third kappa shape index (κ3) is 3.37. The summed E-state index contributed by atoms with van der Waals surface area (Å²) in [5, 5.41) is 2.98. The van der Waals surface area contributed by atoms with E-state index in [9.17, 15) is 8.78 Å². The predicted molar refractivity (Wildman–Crippen MR) is 70.0 cm³/mol. The third-order valence-corrected chi connectivity index (χ3v) is 2.52. The maximum absolute atomic E-state index is 13.4. The topological polar surface area (TPSA) is 41.1 Å². The van der Waals surface area contributed by atoms with Gasteiger partial charge in [0, 0.05) is 38.5 Å². The molecule has 0 saturated carbocycles. The summed E-state index contributed by atoms with van der Waals surface area (Å²) in [5.74, 6) is -0.0143. The lowest BCUT2D eigenvalue weighted by atomic mass is 10.2. The first-order valence-electron chi connectivity index (χ1n) is 5.74. The summed E-state index contributed by atoms with van der Waals surface area (Å²) >= 11 is 0. The molecule has 1 aromatic heterocycles. The Bertz CT molecular complexity index is 572. The fourth-order valence-corrected chi connectivity index (χ4v) is 1.51. The first-order chi connectivity index (χ1) is 9.06. The molecule has 0 aliphatic rings. The zero-order valence-corrected chi connectivity index (χ0v) is 10.7. The molecule has 0 amide bonds. The van der Waals surface area contributed by atoms with E-state index in [-0.39, 0.29) is 6.54 Å². The van der Waals surface area contributed by atoms with Crippen LogP contribution in [0, 0.1) is 11.6 Å². The number of hydrogen-bond acceptors (Lipinski definition) is 4. The van der Waals surface area contributed by atoms with E-state index in [1.54, 1.807) is 17.2 Å². The maximum Gasteiger partial charge on any atom is 0.226 e. The Kier molecular flexibility index (Phi) is 3.89. The van der Waals surface area contributed by atoms with Gasteiger partial charge in [-0.2, -0.15) is 4.98 Å². The number of aromatic nitrogens is 2. The molecule has 6 heteroatoms. The smallest absolute Gasteiger partial charge is 0.226 e. The van der Waals surface area contributed by atoms with Crippen LogP contribution < -0.4 is 10.2 Å². The molecular weight excluding hydrogens is 250 g/mol. The Labute approximate surface area is 110 Å². The molecule has 19 heavy (non-hydrogen) atoms. The van der Waals surface area contributed by atoms with E-state index in [0.717, 1.165) is 6.07 Å². The first-order valence-corrected chi connectivity index (χ1v) is 5.74. The van der Waals surface area contributed by atoms with Gasteiger partial charge < -0.3 is 10.2 Å². The van der Waals surface area contributed by atoms with Crippen molar-refractivity contribution >= 4 is 11.8 Å². The summed E-state index contributed by atoms with van der Waals surface area (Å²) in [6.45, 7) is 0.232. The number of nitrogens with zero attached hydrogens (tertiary/aromatic N) is 3. The second kappa shape index (κ2) is 5.60. The standard InChI is InChI=1S/C13H14F2N4/c1-19(2)13-16-6-5-12(18-13)17-8-9-3-4-10(14)7-11(9)15/h3-7H,8H2,1-2H3,(H,16,17,18). The molecule has 1 aromatic carbocycles. The van der Waals surface area contributed by atoms with E-state index in [1.807, 2.05) is 14.1 Å². The van der Waals surface area contributed by atoms with Gasteiger partial charge in [0.15, 0.2) is 0 Å². The molecule has 1 N–H and O–H groups in total. The summed E-state index contributed by atoms with van der Waals surface area (Å²) in [6.07, 6.45) is 1.62. The summed E-state index contributed by atoms with van der Waals surface area (Å²) in [7, 11) is 3.66. The van der Waals surface area contributed by atoms with Gasteiger partial charge in [-0.25, -0.2) is 13.8 Å². The van der Waals surface area contributed by atoms with Crippen molar-refractivity contribution in [3.8, 4) is 0 Å². The highest BCUT2D eigenvalue weighted by Crippen LogP contribution is 2.13. The van der Waals surface area contributed by atoms with Gasteiger partial charge in [-0.05, 0) is 12.1 Å². The van der Waals surface area contributed by atoms with Crippen molar-refractivity contribution in [2.24, 2.45) is 0 Å². The summed E-state index contributed by atoms with van der Waals surface area (Å²) in [5.41, 5.74) is 0.381. The van der Waals surface area contributed by atoms with Crippen LogP contribution >= 0.6 is 0 Å². The quantitative estimate of drug-likeness (QED) is 0.920. The largest absolute Gasteiger partial charge is 0.366 e. The van der Waals surface area contributed by atoms with Crippen molar-refractivity contribution in [3.63, 3.8) is 0 Å². The van der Waals surface area contributed by atoms with E-state index < -0.39 is 11.6 Å². The molecule has 4 nitrogen and oxygen atoms in total. The molecule has 0 radical (unpaired) electrons. The summed E-state index contributed by atoms with van der Waals surface area (Å²) < 4.78 is 26.2. The molecule has 0 aliphatic heterocycles. The average molecular weight is 264 g/mol. The highest BCUT2D eigenvalue weighted by molar-refractivity contribution is 5.41. The zero-order valence-electron chi connectivity index (χ0n) is 10.7. The van der Waals surface area contributed by atoms with E-state index in [4.69, 9.17) is 0 Å². The van der Waals surface area contributed by atoms with Crippen LogP contribution in [0.2, 0.25) is 0 Å². The summed E-state index contributed by atoms with van der Waals surface area (Å²) in [4.78, 5) is 10.1. The van der Waals surface area contributed by atoms with Crippen LogP contribution in [0.4, 0.5) is 20.5 Å². The number of halogens is 2. The number of rotatable bonds is 4. The van der Waals surface area contributed by atoms with Gasteiger partial charge in [-0.3, -0.25) is 0 Å². The minimum absolute atomic E-state index is 0.232. The molecule has 2 aromatic rings. The van der Waals surface area contributed by atoms with Crippen LogP contribution in [-0.2, 0) is 6.54 Å². The Morgan fingerprint density at radius 2 is 2.00 bits per heavy atom. The molecule has 0 spiro atoms. The fraction of sp³-hybridized carbons (Fsp3) is 0.231. The average Bonchev–Trinajstić information content (AvgIpc) is 2.38. The summed E-state index contributed by atoms with van der Waals surface area (Å²) in [6, 6.07) is 5.19. The van der Waals surface area contributed by atoms with Gasteiger partial charge in [0.1, 0.15) is 17.5 Å². The molecular formula is C13H14F2N4. The molecule has 0 fully saturated rings. The van der Waals surface area contributed by atoms with E-state index >= 15 is 0 Å². The van der Waals surface area contributed by atoms with Gasteiger partial charge in [-0.1, -0.05) is 6.07 Å². The first kappa shape index (κ1) is 13.2. The minimum atomic E-state index is -0.585. The zero-order chi connectivity index (χ0) is 13.8. The minimum Gasteiger partial charge on any atom is -0.366 e. The van der Waals surface area contributed by atoms with Gasteiger partial charge in [0.05, 0.1) is 0 Å². The third-order valence-electron chi connectivity index (χ3n) is 2.52. The Morgan fingerprint density at radius 3 is 2.68 bits per heavy atom. The number of anilines is 2. The van der Waals surface area contributed by atoms with E-state index in [0.29, 0.717) is 17.3 Å². The van der Waals surface area contributed by atoms with Crippen molar-refractivity contribution in [1.82, 2.24) is 9.97 Å². The van der Waals surface area contributed by atoms with Crippen LogP contribution in [0.3, 0.4) is 0 Å². The Hall–Kier alpha value is -2.24. The predicted octanol–water partition coefficient (Wildman–Crippen LogP) is 2.43. The van der Waals surface area contributed by atoms with Crippen molar-refractivity contribution in [2.75, 3.05) is 24.3 Å². The Morgan fingerprint density at radius 1 is 1.21 bits per heavy atom. The lowest BCUT2D eigenvalue weighted by molar-refractivity contribution is 0.574. The van der Waals surface area contributed by atoms with E-state index in [1.165, 1.54) is 12.1 Å². The highest BCUT2D eigenvalue weighted by Gasteiger charge is 2.05. The normalized spacial score (nSPS) is 10.3. The monoisotopic (exact) mass is 264 g/mol. The van der Waals surface area contributed by atoms with Crippen molar-refractivity contribution in [3.05, 3.63) is 47.7 Å². The van der Waals surface area contributed by atoms with Crippen LogP contribution in [0.1, 0.15) is 5.56 Å². The van der Waals surface area contributed by atoms with Crippen molar-refractivity contribution < 1.29 is 8.78 Å². The van der Waals surface area contributed by atoms with Gasteiger partial charge in [0.25, 0.3) is 0 Å². The molecule has 100 valence electrons. The van der Waals surface area contributed by atoms with Crippen molar-refractivity contribution in [1.29, 1.82) is 0 Å². The van der Waals surface area contributed by atoms with E-state index in [2.05, 4.69) is 15.3 Å². The van der Waals surface area contributed by atoms with Crippen LogP contribution in [-0.4, -0.2) is 24.1 Å². The van der Waals surface area contributed by atoms with Crippen LogP contribution in [0.5, 0.6) is 0 Å². The fourth-order valence-electron chi connectivity index (χ4n) is 1.51. The van der Waals surface area contributed by atoms with Gasteiger partial charge in [0.2, 0.25) is 5.95 Å². The molecule has 0 atom stereocenters. The lowest BCUT2D eigenvalue weighted by Gasteiger charge is -2.12. The molecule has 0 bridgehead atoms. The number of nitrogens with one attached hydrogen (secondary N) is 1. The molecule has 2 rings (SSSR count). The molecule has 0 saturated heterocycles. The van der Waals surface area contributed by atoms with Crippen LogP contribution in [0.15, 0.2) is 30.5 Å². The Balaban J connectivity index is 2.08. The SMILES string of the molecule is CN(C)c1nccc(NCc2ccc(F)cc2F)n1. The molecule has 0 unspecified atom stereocenters. The second-order valence-corrected chi connectivity index (χ2v) is 4.23. The van der Waals surface area contributed by atoms with Gasteiger partial charge in [-0.15, -0.1) is 0 Å². The molecule has 1 heterocycles. The second-order valence-electron chi connectivity index (χ2n) is 4.23. The van der Waals surface area contributed by atoms with Crippen LogP contribution in [0.25, 0.3) is 0 Å². The highest BCUT2D eigenvalue weighted by atomic mass is 19.1. The van der Waals surface area contributed by atoms with Gasteiger partial charge >= 0.3 is 0 Å². The van der Waals surface area contributed by atoms with Crippen molar-refractivity contribution in [2.45, 2.75) is 6.54 Å².